The van der Waals surface area contributed by atoms with Gasteiger partial charge >= 0.3 is 0 Å². The van der Waals surface area contributed by atoms with Crippen LogP contribution in [0.25, 0.3) is 0 Å². The number of fused-ring (bicyclic) bond motifs is 7. The van der Waals surface area contributed by atoms with E-state index in [1.807, 2.05) is 0 Å². The molecule has 4 saturated carbocycles. The molecule has 6 rings (SSSR count). The molecule has 0 amide bonds. The third-order valence-electron chi connectivity index (χ3n) is 11.9. The zero-order valence-corrected chi connectivity index (χ0v) is 19.7. The summed E-state index contributed by atoms with van der Waals surface area (Å²) < 4.78 is 13.4. The van der Waals surface area contributed by atoms with E-state index in [0.29, 0.717) is 34.7 Å². The van der Waals surface area contributed by atoms with E-state index in [1.54, 1.807) is 0 Å². The second-order valence-electron chi connectivity index (χ2n) is 13.1. The molecule has 0 bridgehead atoms. The molecule has 12 atom stereocenters. The molecule has 3 nitrogen and oxygen atoms in total. The van der Waals surface area contributed by atoms with Crippen molar-refractivity contribution in [3.63, 3.8) is 0 Å². The maximum absolute atomic E-state index is 10.3. The molecular weight excluding hydrogens is 372 g/mol. The van der Waals surface area contributed by atoms with E-state index in [9.17, 15) is 5.11 Å². The van der Waals surface area contributed by atoms with Crippen molar-refractivity contribution in [1.82, 2.24) is 0 Å². The van der Waals surface area contributed by atoms with E-state index in [-0.39, 0.29) is 11.9 Å². The van der Waals surface area contributed by atoms with Crippen molar-refractivity contribution in [3.8, 4) is 0 Å². The third kappa shape index (κ3) is 2.61. The molecule has 1 N–H and O–H groups in total. The molecular formula is C27H44O3. The van der Waals surface area contributed by atoms with Gasteiger partial charge in [-0.25, -0.2) is 0 Å². The fraction of sp³-hybridized carbons (Fsp3) is 1.00. The van der Waals surface area contributed by atoms with Crippen LogP contribution in [0.5, 0.6) is 0 Å². The Bertz CT molecular complexity index is 684. The summed E-state index contributed by atoms with van der Waals surface area (Å²) in [4.78, 5) is 0. The van der Waals surface area contributed by atoms with E-state index < -0.39 is 0 Å². The Morgan fingerprint density at radius 3 is 2.40 bits per heavy atom. The summed E-state index contributed by atoms with van der Waals surface area (Å²) in [6.45, 7) is 10.9. The van der Waals surface area contributed by atoms with Gasteiger partial charge < -0.3 is 14.6 Å². The van der Waals surface area contributed by atoms with Crippen LogP contribution in [0.15, 0.2) is 0 Å². The van der Waals surface area contributed by atoms with E-state index in [1.165, 1.54) is 44.9 Å². The molecule has 2 aliphatic heterocycles. The molecule has 0 aromatic carbocycles. The first kappa shape index (κ1) is 20.5. The second-order valence-corrected chi connectivity index (χ2v) is 13.1. The van der Waals surface area contributed by atoms with Crippen molar-refractivity contribution in [1.29, 1.82) is 0 Å². The normalized spacial score (nSPS) is 62.5. The quantitative estimate of drug-likeness (QED) is 0.543. The molecule has 6 aliphatic rings. The van der Waals surface area contributed by atoms with Gasteiger partial charge in [0.15, 0.2) is 5.79 Å². The van der Waals surface area contributed by atoms with Crippen LogP contribution >= 0.6 is 0 Å². The fourth-order valence-electron chi connectivity index (χ4n) is 10.3. The molecule has 170 valence electrons. The summed E-state index contributed by atoms with van der Waals surface area (Å²) >= 11 is 0. The van der Waals surface area contributed by atoms with Gasteiger partial charge in [0.1, 0.15) is 0 Å². The number of aliphatic hydroxyl groups is 1. The maximum atomic E-state index is 10.3. The summed E-state index contributed by atoms with van der Waals surface area (Å²) in [5, 5.41) is 10.3. The van der Waals surface area contributed by atoms with Gasteiger partial charge in [-0.05, 0) is 104 Å². The van der Waals surface area contributed by atoms with Crippen LogP contribution in [0, 0.1) is 52.3 Å². The number of rotatable bonds is 0. The molecule has 0 radical (unpaired) electrons. The summed E-state index contributed by atoms with van der Waals surface area (Å²) in [5.74, 6) is 4.93. The molecule has 1 spiro atoms. The minimum atomic E-state index is -0.282. The first-order chi connectivity index (χ1) is 14.3. The molecule has 0 aromatic heterocycles. The Kier molecular flexibility index (Phi) is 4.58. The van der Waals surface area contributed by atoms with Gasteiger partial charge in [-0.1, -0.05) is 27.7 Å². The van der Waals surface area contributed by atoms with E-state index in [2.05, 4.69) is 27.7 Å². The number of aliphatic hydroxyl groups excluding tert-OH is 1. The van der Waals surface area contributed by atoms with Crippen LogP contribution in [-0.4, -0.2) is 29.7 Å². The molecule has 3 unspecified atom stereocenters. The first-order valence-electron chi connectivity index (χ1n) is 13.3. The molecule has 6 fully saturated rings. The average Bonchev–Trinajstić information content (AvgIpc) is 3.16. The van der Waals surface area contributed by atoms with Gasteiger partial charge in [0.2, 0.25) is 0 Å². The van der Waals surface area contributed by atoms with E-state index in [0.717, 1.165) is 49.5 Å². The minimum absolute atomic E-state index is 0.0389. The van der Waals surface area contributed by atoms with E-state index in [4.69, 9.17) is 9.47 Å². The highest BCUT2D eigenvalue weighted by Crippen LogP contribution is 2.71. The van der Waals surface area contributed by atoms with Crippen molar-refractivity contribution in [2.45, 2.75) is 110 Å². The van der Waals surface area contributed by atoms with Crippen LogP contribution in [0.4, 0.5) is 0 Å². The molecule has 30 heavy (non-hydrogen) atoms. The van der Waals surface area contributed by atoms with Crippen LogP contribution < -0.4 is 0 Å². The average molecular weight is 417 g/mol. The molecule has 2 saturated heterocycles. The lowest BCUT2D eigenvalue weighted by Crippen LogP contribution is -2.55. The summed E-state index contributed by atoms with van der Waals surface area (Å²) in [7, 11) is 0. The standard InChI is InChI=1S/C27H44O3/c1-16-7-12-27(29-15-16)17(2)24-23(30-27)14-22-20-6-5-18-13-19(28)8-10-25(18,3)21(20)9-11-26(22,24)4/h16-24,28H,5-15H2,1-4H3/t16-,17+,18-,19+,20?,21?,22?,23+,24+,25+,26+,27-/m1/s1. The lowest BCUT2D eigenvalue weighted by molar-refractivity contribution is -0.273. The summed E-state index contributed by atoms with van der Waals surface area (Å²) in [6.07, 6.45) is 12.9. The minimum Gasteiger partial charge on any atom is -0.393 e. The Labute approximate surface area is 183 Å². The van der Waals surface area contributed by atoms with Gasteiger partial charge in [0, 0.05) is 12.3 Å². The molecule has 4 aliphatic carbocycles. The van der Waals surface area contributed by atoms with Gasteiger partial charge in [0.25, 0.3) is 0 Å². The number of ether oxygens (including phenoxy) is 2. The maximum Gasteiger partial charge on any atom is 0.171 e. The first-order valence-corrected chi connectivity index (χ1v) is 13.3. The topological polar surface area (TPSA) is 38.7 Å². The van der Waals surface area contributed by atoms with Crippen LogP contribution in [0.1, 0.15) is 91.9 Å². The van der Waals surface area contributed by atoms with Crippen molar-refractivity contribution in [2.24, 2.45) is 52.3 Å². The van der Waals surface area contributed by atoms with Gasteiger partial charge in [-0.3, -0.25) is 0 Å². The van der Waals surface area contributed by atoms with Crippen LogP contribution in [0.2, 0.25) is 0 Å². The fourth-order valence-corrected chi connectivity index (χ4v) is 10.3. The predicted octanol–water partition coefficient (Wildman–Crippen LogP) is 5.79. The highest BCUT2D eigenvalue weighted by atomic mass is 16.7. The Hall–Kier alpha value is -0.120. The molecule has 2 heterocycles. The SMILES string of the molecule is C[C@@H]1CC[C@@]2(OC1)O[C@H]1CC3C4CC[C@@H]5C[C@@H](O)CC[C@]5(C)C4CC[C@]3(C)[C@H]1[C@@H]2C. The summed E-state index contributed by atoms with van der Waals surface area (Å²) in [6, 6.07) is 0. The van der Waals surface area contributed by atoms with Crippen molar-refractivity contribution in [3.05, 3.63) is 0 Å². The smallest absolute Gasteiger partial charge is 0.171 e. The van der Waals surface area contributed by atoms with Crippen molar-refractivity contribution in [2.75, 3.05) is 6.61 Å². The predicted molar refractivity (Wildman–Crippen MR) is 118 cm³/mol. The highest BCUT2D eigenvalue weighted by Gasteiger charge is 2.69. The molecule has 3 heteroatoms. The van der Waals surface area contributed by atoms with Crippen LogP contribution in [-0.2, 0) is 9.47 Å². The monoisotopic (exact) mass is 416 g/mol. The molecule has 0 aromatic rings. The lowest BCUT2D eigenvalue weighted by atomic mass is 9.44. The number of hydrogen-bond donors (Lipinski definition) is 1. The lowest BCUT2D eigenvalue weighted by Gasteiger charge is -2.61. The Morgan fingerprint density at radius 2 is 1.63 bits per heavy atom. The second kappa shape index (κ2) is 6.70. The van der Waals surface area contributed by atoms with Crippen molar-refractivity contribution < 1.29 is 14.6 Å². The Balaban J connectivity index is 1.26. The summed E-state index contributed by atoms with van der Waals surface area (Å²) in [5.41, 5.74) is 0.899. The van der Waals surface area contributed by atoms with Crippen LogP contribution in [0.3, 0.4) is 0 Å². The van der Waals surface area contributed by atoms with Gasteiger partial charge in [-0.15, -0.1) is 0 Å². The van der Waals surface area contributed by atoms with Gasteiger partial charge in [-0.2, -0.15) is 0 Å². The highest BCUT2D eigenvalue weighted by molar-refractivity contribution is 5.15. The Morgan fingerprint density at radius 1 is 0.833 bits per heavy atom. The van der Waals surface area contributed by atoms with E-state index >= 15 is 0 Å². The zero-order valence-electron chi connectivity index (χ0n) is 19.7. The van der Waals surface area contributed by atoms with Gasteiger partial charge in [0.05, 0.1) is 18.8 Å². The van der Waals surface area contributed by atoms with Crippen molar-refractivity contribution >= 4 is 0 Å². The zero-order chi connectivity index (χ0) is 20.9. The number of hydrogen-bond acceptors (Lipinski definition) is 3. The third-order valence-corrected chi connectivity index (χ3v) is 11.9. The largest absolute Gasteiger partial charge is 0.393 e.